The minimum Gasteiger partial charge on any atom is -0.382 e. The number of rotatable bonds is 7. The molecule has 0 fully saturated rings. The van der Waals surface area contributed by atoms with Crippen LogP contribution in [0.1, 0.15) is 33.1 Å². The molecule has 0 radical (unpaired) electrons. The standard InChI is InChI=1S/C18H26N2O2/c1-4-22-11-7-10-20-13-19-17(12-18(20)21)16-9-6-5-8-15(16)14(2)3/h8-9,12,19H,2,4-7,10-11,13H2,1,3H3. The number of hydrogen-bond acceptors (Lipinski definition) is 3. The summed E-state index contributed by atoms with van der Waals surface area (Å²) in [7, 11) is 0. The summed E-state index contributed by atoms with van der Waals surface area (Å²) in [4.78, 5) is 14.1. The second-order valence-corrected chi connectivity index (χ2v) is 5.64. The molecule has 120 valence electrons. The van der Waals surface area contributed by atoms with Crippen LogP contribution in [0.4, 0.5) is 0 Å². The van der Waals surface area contributed by atoms with Crippen molar-refractivity contribution >= 4 is 5.91 Å². The topological polar surface area (TPSA) is 41.6 Å². The quantitative estimate of drug-likeness (QED) is 0.735. The van der Waals surface area contributed by atoms with Gasteiger partial charge in [-0.2, -0.15) is 0 Å². The maximum absolute atomic E-state index is 12.3. The highest BCUT2D eigenvalue weighted by atomic mass is 16.5. The van der Waals surface area contributed by atoms with Crippen LogP contribution in [0.2, 0.25) is 0 Å². The van der Waals surface area contributed by atoms with Crippen LogP contribution in [-0.2, 0) is 9.53 Å². The van der Waals surface area contributed by atoms with Gasteiger partial charge in [0.15, 0.2) is 0 Å². The Balaban J connectivity index is 2.00. The molecule has 0 aromatic rings. The number of carbonyl (C=O) groups is 1. The third-order valence-corrected chi connectivity index (χ3v) is 3.86. The van der Waals surface area contributed by atoms with E-state index in [2.05, 4.69) is 24.0 Å². The molecule has 4 heteroatoms. The Hall–Kier alpha value is -1.81. The molecule has 0 aromatic heterocycles. The van der Waals surface area contributed by atoms with Crippen LogP contribution < -0.4 is 5.32 Å². The van der Waals surface area contributed by atoms with Crippen molar-refractivity contribution in [3.05, 3.63) is 47.2 Å². The first kappa shape index (κ1) is 16.6. The Morgan fingerprint density at radius 1 is 1.41 bits per heavy atom. The zero-order valence-electron chi connectivity index (χ0n) is 13.7. The SMILES string of the molecule is C=C(C)C1=CCCC=C1C1=CC(=O)N(CCCOCC)CN1. The Kier molecular flexibility index (Phi) is 6.01. The summed E-state index contributed by atoms with van der Waals surface area (Å²) in [6.45, 7) is 10.7. The Morgan fingerprint density at radius 2 is 2.18 bits per heavy atom. The smallest absolute Gasteiger partial charge is 0.250 e. The zero-order valence-corrected chi connectivity index (χ0v) is 13.7. The molecule has 0 spiro atoms. The second kappa shape index (κ2) is 7.99. The van der Waals surface area contributed by atoms with Crippen molar-refractivity contribution in [1.29, 1.82) is 0 Å². The first-order valence-corrected chi connectivity index (χ1v) is 8.02. The number of ether oxygens (including phenoxy) is 1. The maximum Gasteiger partial charge on any atom is 0.250 e. The lowest BCUT2D eigenvalue weighted by atomic mass is 9.90. The van der Waals surface area contributed by atoms with Gasteiger partial charge in [-0.15, -0.1) is 0 Å². The molecule has 1 aliphatic heterocycles. The van der Waals surface area contributed by atoms with Gasteiger partial charge in [-0.05, 0) is 38.7 Å². The van der Waals surface area contributed by atoms with Gasteiger partial charge in [-0.3, -0.25) is 4.79 Å². The highest BCUT2D eigenvalue weighted by molar-refractivity contribution is 5.90. The number of allylic oxidation sites excluding steroid dienone is 4. The molecule has 0 saturated heterocycles. The van der Waals surface area contributed by atoms with Crippen molar-refractivity contribution < 1.29 is 9.53 Å². The van der Waals surface area contributed by atoms with Crippen LogP contribution in [0.25, 0.3) is 0 Å². The predicted molar refractivity (Wildman–Crippen MR) is 89.1 cm³/mol. The molecule has 1 amide bonds. The average Bonchev–Trinajstić information content (AvgIpc) is 2.52. The van der Waals surface area contributed by atoms with E-state index >= 15 is 0 Å². The van der Waals surface area contributed by atoms with Crippen LogP contribution in [0.15, 0.2) is 47.2 Å². The van der Waals surface area contributed by atoms with Crippen molar-refractivity contribution in [2.24, 2.45) is 0 Å². The van der Waals surface area contributed by atoms with Gasteiger partial charge in [0.1, 0.15) is 0 Å². The van der Waals surface area contributed by atoms with E-state index in [1.165, 1.54) is 0 Å². The second-order valence-electron chi connectivity index (χ2n) is 5.64. The van der Waals surface area contributed by atoms with E-state index in [0.717, 1.165) is 54.8 Å². The lowest BCUT2D eigenvalue weighted by Crippen LogP contribution is -2.43. The van der Waals surface area contributed by atoms with E-state index < -0.39 is 0 Å². The van der Waals surface area contributed by atoms with Crippen molar-refractivity contribution in [2.75, 3.05) is 26.4 Å². The normalized spacial score (nSPS) is 18.4. The van der Waals surface area contributed by atoms with Crippen LogP contribution in [-0.4, -0.2) is 37.2 Å². The first-order chi connectivity index (χ1) is 10.6. The van der Waals surface area contributed by atoms with Gasteiger partial charge in [0.25, 0.3) is 0 Å². The summed E-state index contributed by atoms with van der Waals surface area (Å²) in [5, 5.41) is 3.37. The fourth-order valence-corrected chi connectivity index (χ4v) is 2.72. The van der Waals surface area contributed by atoms with E-state index in [1.807, 2.05) is 18.7 Å². The summed E-state index contributed by atoms with van der Waals surface area (Å²) in [5.74, 6) is 0.0674. The fraction of sp³-hybridized carbons (Fsp3) is 0.500. The molecule has 1 N–H and O–H groups in total. The predicted octanol–water partition coefficient (Wildman–Crippen LogP) is 2.91. The van der Waals surface area contributed by atoms with Gasteiger partial charge in [-0.25, -0.2) is 0 Å². The molecule has 2 aliphatic rings. The summed E-state index contributed by atoms with van der Waals surface area (Å²) < 4.78 is 5.32. The van der Waals surface area contributed by atoms with E-state index in [9.17, 15) is 4.79 Å². The Bertz CT molecular complexity index is 529. The lowest BCUT2D eigenvalue weighted by molar-refractivity contribution is -0.127. The number of carbonyl (C=O) groups excluding carboxylic acids is 1. The fourth-order valence-electron chi connectivity index (χ4n) is 2.72. The van der Waals surface area contributed by atoms with Crippen molar-refractivity contribution in [1.82, 2.24) is 10.2 Å². The van der Waals surface area contributed by atoms with Crippen LogP contribution in [0.5, 0.6) is 0 Å². The van der Waals surface area contributed by atoms with Crippen molar-refractivity contribution in [2.45, 2.75) is 33.1 Å². The lowest BCUT2D eigenvalue weighted by Gasteiger charge is -2.30. The molecule has 1 aliphatic carbocycles. The van der Waals surface area contributed by atoms with E-state index in [-0.39, 0.29) is 5.91 Å². The van der Waals surface area contributed by atoms with Crippen LogP contribution in [0.3, 0.4) is 0 Å². The van der Waals surface area contributed by atoms with E-state index in [0.29, 0.717) is 13.3 Å². The number of amides is 1. The third kappa shape index (κ3) is 4.10. The summed E-state index contributed by atoms with van der Waals surface area (Å²) in [6.07, 6.45) is 9.02. The van der Waals surface area contributed by atoms with Gasteiger partial charge >= 0.3 is 0 Å². The van der Waals surface area contributed by atoms with E-state index in [4.69, 9.17) is 4.74 Å². The van der Waals surface area contributed by atoms with Gasteiger partial charge in [-0.1, -0.05) is 24.3 Å². The average molecular weight is 302 g/mol. The highest BCUT2D eigenvalue weighted by Crippen LogP contribution is 2.29. The molecule has 0 unspecified atom stereocenters. The van der Waals surface area contributed by atoms with Crippen molar-refractivity contribution in [3.8, 4) is 0 Å². The number of nitrogens with one attached hydrogen (secondary N) is 1. The maximum atomic E-state index is 12.3. The molecular formula is C18H26N2O2. The van der Waals surface area contributed by atoms with Crippen LogP contribution in [0, 0.1) is 0 Å². The summed E-state index contributed by atoms with van der Waals surface area (Å²) in [5.41, 5.74) is 4.23. The first-order valence-electron chi connectivity index (χ1n) is 8.02. The molecule has 1 heterocycles. The third-order valence-electron chi connectivity index (χ3n) is 3.86. The van der Waals surface area contributed by atoms with Crippen LogP contribution >= 0.6 is 0 Å². The van der Waals surface area contributed by atoms with Gasteiger partial charge in [0.2, 0.25) is 5.91 Å². The molecule has 0 atom stereocenters. The molecular weight excluding hydrogens is 276 g/mol. The number of hydrogen-bond donors (Lipinski definition) is 1. The molecule has 0 aromatic carbocycles. The Labute approximate surface area is 133 Å². The summed E-state index contributed by atoms with van der Waals surface area (Å²) >= 11 is 0. The zero-order chi connectivity index (χ0) is 15.9. The molecule has 0 bridgehead atoms. The van der Waals surface area contributed by atoms with Crippen molar-refractivity contribution in [3.63, 3.8) is 0 Å². The monoisotopic (exact) mass is 302 g/mol. The largest absolute Gasteiger partial charge is 0.382 e. The van der Waals surface area contributed by atoms with Gasteiger partial charge < -0.3 is 15.0 Å². The molecule has 0 saturated carbocycles. The molecule has 4 nitrogen and oxygen atoms in total. The summed E-state index contributed by atoms with van der Waals surface area (Å²) in [6, 6.07) is 0. The number of nitrogens with zero attached hydrogens (tertiary/aromatic N) is 1. The minimum atomic E-state index is 0.0674. The highest BCUT2D eigenvalue weighted by Gasteiger charge is 2.22. The van der Waals surface area contributed by atoms with E-state index in [1.54, 1.807) is 6.08 Å². The van der Waals surface area contributed by atoms with Gasteiger partial charge in [0.05, 0.1) is 6.67 Å². The van der Waals surface area contributed by atoms with Gasteiger partial charge in [0, 0.05) is 37.1 Å². The molecule has 22 heavy (non-hydrogen) atoms. The Morgan fingerprint density at radius 3 is 2.86 bits per heavy atom. The molecule has 2 rings (SSSR count). The minimum absolute atomic E-state index is 0.0674.